The molecule has 1 heterocycles. The number of fused-ring (bicyclic) bond motifs is 1. The Kier molecular flexibility index (Phi) is 8.42. The van der Waals surface area contributed by atoms with E-state index < -0.39 is 47.9 Å². The quantitative estimate of drug-likeness (QED) is 0.277. The molecule has 4 nitrogen and oxygen atoms in total. The Morgan fingerprint density at radius 1 is 0.850 bits per heavy atom. The van der Waals surface area contributed by atoms with Gasteiger partial charge in [0.25, 0.3) is 0 Å². The molecule has 1 N–H and O–H groups in total. The molecule has 1 aliphatic rings. The van der Waals surface area contributed by atoms with Crippen molar-refractivity contribution >= 4 is 5.69 Å². The van der Waals surface area contributed by atoms with Crippen molar-refractivity contribution in [2.45, 2.75) is 77.1 Å². The summed E-state index contributed by atoms with van der Waals surface area (Å²) in [6.45, 7) is 7.21. The molecular formula is C30H31F6NO3. The number of anilines is 1. The molecule has 10 heteroatoms. The maximum Gasteiger partial charge on any atom is 0.416 e. The Labute approximate surface area is 229 Å². The fraction of sp³-hybridized carbons (Fsp3) is 0.400. The third kappa shape index (κ3) is 7.09. The van der Waals surface area contributed by atoms with Gasteiger partial charge in [0.1, 0.15) is 23.6 Å². The van der Waals surface area contributed by atoms with Crippen LogP contribution in [0.25, 0.3) is 0 Å². The second-order valence-corrected chi connectivity index (χ2v) is 10.5. The number of benzene rings is 3. The van der Waals surface area contributed by atoms with Gasteiger partial charge in [-0.25, -0.2) is 0 Å². The number of nitrogens with one attached hydrogen (secondary N) is 1. The average Bonchev–Trinajstić information content (AvgIpc) is 2.86. The van der Waals surface area contributed by atoms with E-state index in [0.717, 1.165) is 11.3 Å². The van der Waals surface area contributed by atoms with Crippen LogP contribution in [-0.2, 0) is 35.0 Å². The molecule has 0 aliphatic carbocycles. The lowest BCUT2D eigenvalue weighted by Crippen LogP contribution is -2.51. The van der Waals surface area contributed by atoms with Gasteiger partial charge in [-0.05, 0) is 75.2 Å². The van der Waals surface area contributed by atoms with Crippen LogP contribution in [0.2, 0.25) is 0 Å². The van der Waals surface area contributed by atoms with E-state index in [0.29, 0.717) is 30.0 Å². The monoisotopic (exact) mass is 567 g/mol. The van der Waals surface area contributed by atoms with E-state index in [9.17, 15) is 26.3 Å². The molecule has 4 rings (SSSR count). The number of hydrogen-bond donors (Lipinski definition) is 1. The summed E-state index contributed by atoms with van der Waals surface area (Å²) in [6, 6.07) is 16.8. The standard InChI is InChI=1S/C30H31F6NO3/c1-18(2)39-26-24-15-23(37-16-19-8-6-5-7-9-19)10-11-25(24)40-28(3,4)27(26)38-17-20-12-21(29(31,32)33)14-22(13-20)30(34,35)36/h5-15,18,26-27,37H,16-17H2,1-4H3. The minimum atomic E-state index is -4.95. The molecule has 216 valence electrons. The second kappa shape index (κ2) is 11.3. The zero-order valence-corrected chi connectivity index (χ0v) is 22.5. The van der Waals surface area contributed by atoms with Crippen molar-refractivity contribution in [2.24, 2.45) is 0 Å². The molecule has 3 aromatic rings. The first-order valence-electron chi connectivity index (χ1n) is 12.8. The molecule has 0 radical (unpaired) electrons. The highest BCUT2D eigenvalue weighted by atomic mass is 19.4. The summed E-state index contributed by atoms with van der Waals surface area (Å²) in [6.07, 6.45) is -11.7. The third-order valence-electron chi connectivity index (χ3n) is 6.48. The molecule has 0 aromatic heterocycles. The zero-order valence-electron chi connectivity index (χ0n) is 22.5. The topological polar surface area (TPSA) is 39.7 Å². The van der Waals surface area contributed by atoms with Crippen molar-refractivity contribution in [1.82, 2.24) is 0 Å². The summed E-state index contributed by atoms with van der Waals surface area (Å²) in [7, 11) is 0. The normalized spacial score (nSPS) is 18.8. The summed E-state index contributed by atoms with van der Waals surface area (Å²) in [5.74, 6) is 0.555. The van der Waals surface area contributed by atoms with Crippen molar-refractivity contribution in [3.63, 3.8) is 0 Å². The van der Waals surface area contributed by atoms with Crippen LogP contribution in [0.1, 0.15) is 61.6 Å². The number of hydrogen-bond acceptors (Lipinski definition) is 4. The van der Waals surface area contributed by atoms with Crippen LogP contribution >= 0.6 is 0 Å². The van der Waals surface area contributed by atoms with E-state index in [2.05, 4.69) is 5.32 Å². The van der Waals surface area contributed by atoms with Crippen molar-refractivity contribution in [3.8, 4) is 5.75 Å². The summed E-state index contributed by atoms with van der Waals surface area (Å²) in [5.41, 5.74) is -1.53. The Hall–Kier alpha value is -3.24. The van der Waals surface area contributed by atoms with E-state index in [4.69, 9.17) is 14.2 Å². The van der Waals surface area contributed by atoms with Crippen LogP contribution < -0.4 is 10.1 Å². The SMILES string of the molecule is CC(C)OC1c2cc(NCc3ccccc3)ccc2OC(C)(C)C1OCc1cc(C(F)(F)F)cc(C(F)(F)F)c1. The average molecular weight is 568 g/mol. The molecule has 1 aliphatic heterocycles. The van der Waals surface area contributed by atoms with Gasteiger partial charge in [0, 0.05) is 17.8 Å². The summed E-state index contributed by atoms with van der Waals surface area (Å²) in [4.78, 5) is 0. The summed E-state index contributed by atoms with van der Waals surface area (Å²) >= 11 is 0. The lowest BCUT2D eigenvalue weighted by Gasteiger charge is -2.45. The lowest BCUT2D eigenvalue weighted by molar-refractivity contribution is -0.177. The van der Waals surface area contributed by atoms with E-state index in [1.165, 1.54) is 0 Å². The maximum atomic E-state index is 13.4. The van der Waals surface area contributed by atoms with Gasteiger partial charge in [0.05, 0.1) is 23.8 Å². The number of alkyl halides is 6. The highest BCUT2D eigenvalue weighted by Crippen LogP contribution is 2.45. The molecule has 0 bridgehead atoms. The zero-order chi connectivity index (χ0) is 29.3. The maximum absolute atomic E-state index is 13.4. The highest BCUT2D eigenvalue weighted by Gasteiger charge is 2.46. The summed E-state index contributed by atoms with van der Waals surface area (Å²) in [5, 5.41) is 3.35. The largest absolute Gasteiger partial charge is 0.485 e. The molecule has 0 amide bonds. The van der Waals surface area contributed by atoms with Gasteiger partial charge in [-0.1, -0.05) is 30.3 Å². The molecular weight excluding hydrogens is 536 g/mol. The number of ether oxygens (including phenoxy) is 3. The number of halogens is 6. The summed E-state index contributed by atoms with van der Waals surface area (Å²) < 4.78 is 98.8. The predicted octanol–water partition coefficient (Wildman–Crippen LogP) is 8.56. The van der Waals surface area contributed by atoms with Gasteiger partial charge in [0.2, 0.25) is 0 Å². The Morgan fingerprint density at radius 2 is 1.48 bits per heavy atom. The fourth-order valence-electron chi connectivity index (χ4n) is 4.66. The van der Waals surface area contributed by atoms with Gasteiger partial charge < -0.3 is 19.5 Å². The van der Waals surface area contributed by atoms with Crippen molar-refractivity contribution in [2.75, 3.05) is 5.32 Å². The predicted molar refractivity (Wildman–Crippen MR) is 139 cm³/mol. The van der Waals surface area contributed by atoms with Gasteiger partial charge in [-0.15, -0.1) is 0 Å². The van der Waals surface area contributed by atoms with E-state index in [-0.39, 0.29) is 17.7 Å². The minimum Gasteiger partial charge on any atom is -0.485 e. The van der Waals surface area contributed by atoms with Crippen molar-refractivity contribution < 1.29 is 40.6 Å². The number of rotatable bonds is 8. The second-order valence-electron chi connectivity index (χ2n) is 10.5. The molecule has 2 unspecified atom stereocenters. The first-order chi connectivity index (χ1) is 18.6. The Balaban J connectivity index is 1.63. The third-order valence-corrected chi connectivity index (χ3v) is 6.48. The molecule has 0 fully saturated rings. The van der Waals surface area contributed by atoms with Crippen molar-refractivity contribution in [1.29, 1.82) is 0 Å². The van der Waals surface area contributed by atoms with Crippen LogP contribution in [-0.4, -0.2) is 17.8 Å². The minimum absolute atomic E-state index is 0.0993. The van der Waals surface area contributed by atoms with Crippen LogP contribution in [0.3, 0.4) is 0 Å². The molecule has 0 saturated heterocycles. The first-order valence-corrected chi connectivity index (χ1v) is 12.8. The Morgan fingerprint density at radius 3 is 2.05 bits per heavy atom. The van der Waals surface area contributed by atoms with E-state index in [1.54, 1.807) is 19.9 Å². The molecule has 40 heavy (non-hydrogen) atoms. The Bertz CT molecular complexity index is 1270. The highest BCUT2D eigenvalue weighted by molar-refractivity contribution is 5.54. The fourth-order valence-corrected chi connectivity index (χ4v) is 4.66. The van der Waals surface area contributed by atoms with Gasteiger partial charge in [0.15, 0.2) is 0 Å². The van der Waals surface area contributed by atoms with Crippen LogP contribution in [0.5, 0.6) is 5.75 Å². The van der Waals surface area contributed by atoms with Crippen molar-refractivity contribution in [3.05, 3.63) is 94.5 Å². The van der Waals surface area contributed by atoms with E-state index >= 15 is 0 Å². The molecule has 3 aromatic carbocycles. The van der Waals surface area contributed by atoms with E-state index in [1.807, 2.05) is 56.3 Å². The van der Waals surface area contributed by atoms with Gasteiger partial charge in [-0.3, -0.25) is 0 Å². The van der Waals surface area contributed by atoms with Crippen LogP contribution in [0, 0.1) is 0 Å². The van der Waals surface area contributed by atoms with Crippen LogP contribution in [0.4, 0.5) is 32.0 Å². The molecule has 0 spiro atoms. The lowest BCUT2D eigenvalue weighted by atomic mass is 9.87. The van der Waals surface area contributed by atoms with Gasteiger partial charge in [-0.2, -0.15) is 26.3 Å². The smallest absolute Gasteiger partial charge is 0.416 e. The first kappa shape index (κ1) is 29.7. The molecule has 0 saturated carbocycles. The molecule has 2 atom stereocenters. The van der Waals surface area contributed by atoms with Crippen LogP contribution in [0.15, 0.2) is 66.7 Å². The van der Waals surface area contributed by atoms with Gasteiger partial charge >= 0.3 is 12.4 Å².